The zero-order chi connectivity index (χ0) is 27.8. The summed E-state index contributed by atoms with van der Waals surface area (Å²) in [7, 11) is -2.29. The summed E-state index contributed by atoms with van der Waals surface area (Å²) in [4.78, 5) is 19.6. The lowest BCUT2D eigenvalue weighted by Crippen LogP contribution is -2.40. The first-order valence-electron chi connectivity index (χ1n) is 13.6. The number of fused-ring (bicyclic) bond motifs is 1. The molecule has 0 atom stereocenters. The molecule has 3 aromatic rings. The highest BCUT2D eigenvalue weighted by molar-refractivity contribution is 7.92. The van der Waals surface area contributed by atoms with E-state index in [-0.39, 0.29) is 16.2 Å². The van der Waals surface area contributed by atoms with Crippen LogP contribution in [0.2, 0.25) is 0 Å². The van der Waals surface area contributed by atoms with Crippen LogP contribution in [0.15, 0.2) is 47.4 Å². The fraction of sp³-hybridized carbons (Fsp3) is 0.517. The average molecular weight is 555 g/mol. The highest BCUT2D eigenvalue weighted by Crippen LogP contribution is 2.32. The molecular weight excluding hydrogens is 516 g/mol. The lowest BCUT2D eigenvalue weighted by molar-refractivity contribution is 0.0303. The molecular formula is C29H38N4O5S. The molecule has 2 saturated heterocycles. The van der Waals surface area contributed by atoms with Crippen LogP contribution in [-0.4, -0.2) is 75.3 Å². The predicted molar refractivity (Wildman–Crippen MR) is 151 cm³/mol. The Balaban J connectivity index is 1.41. The van der Waals surface area contributed by atoms with Gasteiger partial charge in [0.15, 0.2) is 0 Å². The van der Waals surface area contributed by atoms with Crippen LogP contribution in [0.3, 0.4) is 0 Å². The number of ether oxygens (including phenoxy) is 2. The van der Waals surface area contributed by atoms with Crippen molar-refractivity contribution in [2.45, 2.75) is 50.5 Å². The average Bonchev–Trinajstić information content (AvgIpc) is 3.31. The van der Waals surface area contributed by atoms with E-state index < -0.39 is 10.0 Å². The largest absolute Gasteiger partial charge is 0.381 e. The van der Waals surface area contributed by atoms with E-state index in [2.05, 4.69) is 25.3 Å². The molecule has 0 radical (unpaired) electrons. The fourth-order valence-electron chi connectivity index (χ4n) is 5.27. The number of benzene rings is 2. The standard InChI is InChI=1S/C29H38N4O5S/c1-29(2,3)28-30-25-19-23(7-10-26(25)33(28)20-21-11-15-37-16-12-21)31(4)39(35,36)24-8-5-22(6-9-24)27(34)32-13-17-38-18-14-32/h5-10,19,21H,11-18,20H2,1-4H3. The molecule has 1 amide bonds. The van der Waals surface area contributed by atoms with Crippen molar-refractivity contribution in [2.24, 2.45) is 5.92 Å². The molecule has 39 heavy (non-hydrogen) atoms. The van der Waals surface area contributed by atoms with E-state index >= 15 is 0 Å². The summed E-state index contributed by atoms with van der Waals surface area (Å²) < 4.78 is 41.5. The van der Waals surface area contributed by atoms with E-state index in [0.717, 1.165) is 49.5 Å². The van der Waals surface area contributed by atoms with Gasteiger partial charge in [-0.15, -0.1) is 0 Å². The van der Waals surface area contributed by atoms with Crippen LogP contribution in [0.1, 0.15) is 49.8 Å². The summed E-state index contributed by atoms with van der Waals surface area (Å²) in [6, 6.07) is 11.8. The third-order valence-electron chi connectivity index (χ3n) is 7.61. The summed E-state index contributed by atoms with van der Waals surface area (Å²) in [5.74, 6) is 1.40. The molecule has 0 unspecified atom stereocenters. The molecule has 2 aliphatic heterocycles. The lowest BCUT2D eigenvalue weighted by Gasteiger charge is -2.27. The SMILES string of the molecule is CN(c1ccc2c(c1)nc(C(C)(C)C)n2CC1CCOCC1)S(=O)(=O)c1ccc(C(=O)N2CCOCC2)cc1. The summed E-state index contributed by atoms with van der Waals surface area (Å²) in [6.07, 6.45) is 2.05. The van der Waals surface area contributed by atoms with Gasteiger partial charge in [0, 0.05) is 50.9 Å². The van der Waals surface area contributed by atoms with Crippen LogP contribution in [0, 0.1) is 5.92 Å². The van der Waals surface area contributed by atoms with Gasteiger partial charge in [-0.3, -0.25) is 9.10 Å². The van der Waals surface area contributed by atoms with E-state index in [9.17, 15) is 13.2 Å². The van der Waals surface area contributed by atoms with Gasteiger partial charge < -0.3 is 18.9 Å². The van der Waals surface area contributed by atoms with Crippen molar-refractivity contribution in [1.29, 1.82) is 0 Å². The Bertz CT molecular complexity index is 1430. The highest BCUT2D eigenvalue weighted by Gasteiger charge is 2.27. The number of aromatic nitrogens is 2. The number of hydrogen-bond donors (Lipinski definition) is 0. The van der Waals surface area contributed by atoms with Crippen molar-refractivity contribution in [3.8, 4) is 0 Å². The Morgan fingerprint density at radius 2 is 1.64 bits per heavy atom. The Morgan fingerprint density at radius 3 is 2.28 bits per heavy atom. The lowest BCUT2D eigenvalue weighted by atomic mass is 9.94. The Hall–Kier alpha value is -2.95. The van der Waals surface area contributed by atoms with Crippen LogP contribution in [0.25, 0.3) is 11.0 Å². The second-order valence-electron chi connectivity index (χ2n) is 11.4. The number of carbonyl (C=O) groups is 1. The van der Waals surface area contributed by atoms with Crippen molar-refractivity contribution in [2.75, 3.05) is 50.9 Å². The number of morpholine rings is 1. The minimum Gasteiger partial charge on any atom is -0.381 e. The topological polar surface area (TPSA) is 94.0 Å². The fourth-order valence-corrected chi connectivity index (χ4v) is 6.46. The molecule has 10 heteroatoms. The van der Waals surface area contributed by atoms with Crippen LogP contribution in [-0.2, 0) is 31.5 Å². The molecule has 0 saturated carbocycles. The first kappa shape index (κ1) is 27.6. The number of hydrogen-bond acceptors (Lipinski definition) is 6. The molecule has 2 aliphatic rings. The van der Waals surface area contributed by atoms with Crippen LogP contribution in [0.4, 0.5) is 5.69 Å². The Kier molecular flexibility index (Phi) is 7.72. The van der Waals surface area contributed by atoms with Crippen LogP contribution < -0.4 is 4.31 Å². The highest BCUT2D eigenvalue weighted by atomic mass is 32.2. The number of nitrogens with zero attached hydrogens (tertiary/aromatic N) is 4. The van der Waals surface area contributed by atoms with Gasteiger partial charge in [-0.1, -0.05) is 20.8 Å². The zero-order valence-corrected chi connectivity index (χ0v) is 24.0. The summed E-state index contributed by atoms with van der Waals surface area (Å²) >= 11 is 0. The normalized spacial score (nSPS) is 17.5. The maximum atomic E-state index is 13.5. The van der Waals surface area contributed by atoms with Crippen LogP contribution >= 0.6 is 0 Å². The van der Waals surface area contributed by atoms with E-state index in [4.69, 9.17) is 14.5 Å². The van der Waals surface area contributed by atoms with Gasteiger partial charge in [0.05, 0.1) is 34.8 Å². The third-order valence-corrected chi connectivity index (χ3v) is 9.41. The van der Waals surface area contributed by atoms with Crippen molar-refractivity contribution < 1.29 is 22.7 Å². The smallest absolute Gasteiger partial charge is 0.264 e. The second-order valence-corrected chi connectivity index (χ2v) is 13.4. The van der Waals surface area contributed by atoms with E-state index in [1.54, 1.807) is 24.1 Å². The molecule has 0 N–H and O–H groups in total. The van der Waals surface area contributed by atoms with Gasteiger partial charge in [0.1, 0.15) is 5.82 Å². The van der Waals surface area contributed by atoms with Gasteiger partial charge in [-0.05, 0) is 61.2 Å². The third kappa shape index (κ3) is 5.69. The molecule has 2 fully saturated rings. The quantitative estimate of drug-likeness (QED) is 0.456. The molecule has 9 nitrogen and oxygen atoms in total. The van der Waals surface area contributed by atoms with Gasteiger partial charge in [-0.25, -0.2) is 13.4 Å². The second kappa shape index (κ2) is 10.9. The predicted octanol–water partition coefficient (Wildman–Crippen LogP) is 4.06. The minimum atomic E-state index is -3.84. The Labute approximate surface area is 230 Å². The Morgan fingerprint density at radius 1 is 1.00 bits per heavy atom. The van der Waals surface area contributed by atoms with Gasteiger partial charge >= 0.3 is 0 Å². The van der Waals surface area contributed by atoms with E-state index in [1.165, 1.54) is 16.4 Å². The van der Waals surface area contributed by atoms with E-state index in [1.807, 2.05) is 18.2 Å². The maximum Gasteiger partial charge on any atom is 0.264 e. The van der Waals surface area contributed by atoms with Gasteiger partial charge in [0.25, 0.3) is 15.9 Å². The van der Waals surface area contributed by atoms with Crippen molar-refractivity contribution in [3.63, 3.8) is 0 Å². The van der Waals surface area contributed by atoms with E-state index in [0.29, 0.717) is 43.5 Å². The van der Waals surface area contributed by atoms with Gasteiger partial charge in [-0.2, -0.15) is 0 Å². The zero-order valence-electron chi connectivity index (χ0n) is 23.2. The number of carbonyl (C=O) groups excluding carboxylic acids is 1. The first-order valence-corrected chi connectivity index (χ1v) is 15.0. The van der Waals surface area contributed by atoms with Crippen molar-refractivity contribution >= 4 is 32.7 Å². The minimum absolute atomic E-state index is 0.118. The molecule has 2 aromatic carbocycles. The number of anilines is 1. The molecule has 210 valence electrons. The monoisotopic (exact) mass is 554 g/mol. The summed E-state index contributed by atoms with van der Waals surface area (Å²) in [5, 5.41) is 0. The van der Waals surface area contributed by atoms with Crippen molar-refractivity contribution in [3.05, 3.63) is 53.9 Å². The number of sulfonamides is 1. The summed E-state index contributed by atoms with van der Waals surface area (Å²) in [6.45, 7) is 11.0. The first-order chi connectivity index (χ1) is 18.6. The molecule has 3 heterocycles. The van der Waals surface area contributed by atoms with Gasteiger partial charge in [0.2, 0.25) is 0 Å². The molecule has 1 aromatic heterocycles. The van der Waals surface area contributed by atoms with Crippen molar-refractivity contribution in [1.82, 2.24) is 14.5 Å². The van der Waals surface area contributed by atoms with Crippen LogP contribution in [0.5, 0.6) is 0 Å². The molecule has 0 aliphatic carbocycles. The maximum absolute atomic E-state index is 13.5. The number of imidazole rings is 1. The molecule has 0 spiro atoms. The summed E-state index contributed by atoms with van der Waals surface area (Å²) in [5.41, 5.74) is 2.62. The number of rotatable bonds is 6. The molecule has 5 rings (SSSR count). The molecule has 0 bridgehead atoms. The number of amides is 1.